The van der Waals surface area contributed by atoms with Crippen LogP contribution in [0.3, 0.4) is 0 Å². The number of hydrogen-bond donors (Lipinski definition) is 0. The molecule has 0 unspecified atom stereocenters. The van der Waals surface area contributed by atoms with Crippen LogP contribution in [-0.2, 0) is 20.4 Å². The number of hydrogen-bond acceptors (Lipinski definition) is 9. The number of carbonyl (C=O) groups is 2. The first-order chi connectivity index (χ1) is 29.4. The molecule has 2 heterocycles. The average Bonchev–Trinajstić information content (AvgIpc) is 3.64. The van der Waals surface area contributed by atoms with Crippen molar-refractivity contribution in [3.8, 4) is 48.1 Å². The van der Waals surface area contributed by atoms with Gasteiger partial charge in [-0.05, 0) is 113 Å². The van der Waals surface area contributed by atoms with Gasteiger partial charge in [0.05, 0.1) is 24.7 Å². The number of fused-ring (bicyclic) bond motifs is 2. The second-order valence-corrected chi connectivity index (χ2v) is 15.8. The topological polar surface area (TPSA) is 123 Å². The Morgan fingerprint density at radius 2 is 1.37 bits per heavy atom. The van der Waals surface area contributed by atoms with Gasteiger partial charge in [0, 0.05) is 64.4 Å². The van der Waals surface area contributed by atoms with Crippen molar-refractivity contribution in [1.29, 1.82) is 0 Å². The van der Waals surface area contributed by atoms with E-state index in [1.165, 1.54) is 0 Å². The van der Waals surface area contributed by atoms with Crippen LogP contribution in [0.5, 0.6) is 23.0 Å². The van der Waals surface area contributed by atoms with Crippen LogP contribution in [0.15, 0.2) is 70.4 Å². The molecule has 0 amide bonds. The first-order valence-corrected chi connectivity index (χ1v) is 22.0. The van der Waals surface area contributed by atoms with E-state index in [0.717, 1.165) is 90.0 Å². The number of ether oxygens (including phenoxy) is 4. The maximum absolute atomic E-state index is 11.6. The quantitative estimate of drug-likeness (QED) is 0.0939. The molecule has 0 bridgehead atoms. The summed E-state index contributed by atoms with van der Waals surface area (Å²) in [6.07, 6.45) is 30.2. The third-order valence-corrected chi connectivity index (χ3v) is 13.0. The van der Waals surface area contributed by atoms with Crippen LogP contribution in [0, 0.1) is 25.1 Å². The number of halogens is 1. The molecule has 2 aromatic rings. The van der Waals surface area contributed by atoms with Gasteiger partial charge in [0.15, 0.2) is 28.7 Å². The number of benzene rings is 2. The summed E-state index contributed by atoms with van der Waals surface area (Å²) >= 11 is 7.35. The Bertz CT molecular complexity index is 2230. The number of carbonyl (C=O) groups excluding carboxylic acids is 2. The summed E-state index contributed by atoms with van der Waals surface area (Å²) in [6.45, 7) is 14.4. The van der Waals surface area contributed by atoms with Crippen LogP contribution in [0.25, 0.3) is 0 Å². The van der Waals surface area contributed by atoms with Crippen LogP contribution >= 0.6 is 11.6 Å². The van der Waals surface area contributed by atoms with Gasteiger partial charge in [-0.1, -0.05) is 64.3 Å². The summed E-state index contributed by atoms with van der Waals surface area (Å²) in [5.41, 5.74) is 7.16. The smallest absolute Gasteiger partial charge is 0.550 e. The van der Waals surface area contributed by atoms with Gasteiger partial charge in [0.2, 0.25) is 5.69 Å². The van der Waals surface area contributed by atoms with E-state index >= 15 is 0 Å². The van der Waals surface area contributed by atoms with E-state index < -0.39 is 17.4 Å². The number of allylic oxidation sites excluding steroid dienone is 8. The van der Waals surface area contributed by atoms with Crippen LogP contribution in [0.2, 0.25) is 0 Å². The molecule has 12 heteroatoms. The van der Waals surface area contributed by atoms with Gasteiger partial charge in [-0.15, -0.1) is 0 Å². The molecule has 3 aliphatic rings. The Morgan fingerprint density at radius 3 is 1.95 bits per heavy atom. The van der Waals surface area contributed by atoms with Gasteiger partial charge in [-0.3, -0.25) is 0 Å². The minimum absolute atomic E-state index is 0. The number of aliphatic carboxylic acids is 2. The molecular formula is C50H58ClN2NaO8. The molecular weight excluding hydrogens is 815 g/mol. The van der Waals surface area contributed by atoms with Gasteiger partial charge < -0.3 is 43.6 Å². The van der Waals surface area contributed by atoms with Crippen molar-refractivity contribution < 1.29 is 72.9 Å². The van der Waals surface area contributed by atoms with Crippen LogP contribution < -0.4 is 63.6 Å². The Hall–Kier alpha value is -4.58. The normalized spacial score (nSPS) is 17.4. The summed E-state index contributed by atoms with van der Waals surface area (Å²) in [6, 6.07) is 7.83. The summed E-state index contributed by atoms with van der Waals surface area (Å²) in [5, 5.41) is 23.8. The molecule has 10 nitrogen and oxygen atoms in total. The van der Waals surface area contributed by atoms with E-state index in [1.54, 1.807) is 0 Å². The molecule has 0 fully saturated rings. The Morgan fingerprint density at radius 1 is 0.790 bits per heavy atom. The molecule has 2 aliphatic heterocycles. The van der Waals surface area contributed by atoms with Gasteiger partial charge in [-0.25, -0.2) is 0 Å². The fourth-order valence-electron chi connectivity index (χ4n) is 9.48. The zero-order valence-electron chi connectivity index (χ0n) is 37.4. The number of anilines is 1. The molecule has 0 radical (unpaired) electrons. The van der Waals surface area contributed by atoms with Crippen molar-refractivity contribution in [2.75, 3.05) is 31.2 Å². The van der Waals surface area contributed by atoms with Gasteiger partial charge >= 0.3 is 29.6 Å². The Balaban J connectivity index is 0.00000845. The van der Waals surface area contributed by atoms with E-state index in [9.17, 15) is 19.8 Å². The maximum atomic E-state index is 11.6. The van der Waals surface area contributed by atoms with Crippen molar-refractivity contribution in [3.05, 3.63) is 81.6 Å². The molecule has 62 heavy (non-hydrogen) atoms. The number of carboxylic acid groups (broad SMARTS) is 2. The molecule has 0 atom stereocenters. The van der Waals surface area contributed by atoms with Crippen molar-refractivity contribution in [1.82, 2.24) is 0 Å². The second kappa shape index (κ2) is 22.7. The predicted molar refractivity (Wildman–Crippen MR) is 236 cm³/mol. The molecule has 5 rings (SSSR count). The monoisotopic (exact) mass is 872 g/mol. The Kier molecular flexibility index (Phi) is 18.3. The molecule has 1 aliphatic carbocycles. The van der Waals surface area contributed by atoms with Crippen LogP contribution in [-0.4, -0.2) is 48.5 Å². The third-order valence-electron chi connectivity index (χ3n) is 12.5. The number of rotatable bonds is 21. The first kappa shape index (κ1) is 50.1. The molecule has 0 N–H and O–H groups in total. The maximum Gasteiger partial charge on any atom is 1.00 e. The fraction of sp³-hybridized carbons (Fsp3) is 0.460. The third kappa shape index (κ3) is 10.1. The van der Waals surface area contributed by atoms with E-state index in [2.05, 4.69) is 79.8 Å². The van der Waals surface area contributed by atoms with Gasteiger partial charge in [0.1, 0.15) is 18.8 Å². The second-order valence-electron chi connectivity index (χ2n) is 15.4. The molecule has 0 saturated heterocycles. The number of carboxylic acids is 2. The zero-order chi connectivity index (χ0) is 44.3. The summed E-state index contributed by atoms with van der Waals surface area (Å²) in [7, 11) is 0. The van der Waals surface area contributed by atoms with E-state index in [4.69, 9.17) is 43.4 Å². The zero-order valence-corrected chi connectivity index (χ0v) is 40.2. The molecule has 0 aromatic heterocycles. The van der Waals surface area contributed by atoms with Crippen LogP contribution in [0.4, 0.5) is 11.4 Å². The first-order valence-electron chi connectivity index (χ1n) is 21.6. The van der Waals surface area contributed by atoms with Gasteiger partial charge in [-0.2, -0.15) is 4.58 Å². The van der Waals surface area contributed by atoms with Crippen molar-refractivity contribution >= 4 is 40.6 Å². The largest absolute Gasteiger partial charge is 1.00 e. The summed E-state index contributed by atoms with van der Waals surface area (Å²) in [5.74, 6) is -0.223. The minimum Gasteiger partial charge on any atom is -0.550 e. The average molecular weight is 873 g/mol. The fourth-order valence-corrected chi connectivity index (χ4v) is 9.80. The molecule has 2 aromatic carbocycles. The summed E-state index contributed by atoms with van der Waals surface area (Å²) in [4.78, 5) is 25.3. The summed E-state index contributed by atoms with van der Waals surface area (Å²) < 4.78 is 25.3. The molecule has 0 saturated carbocycles. The van der Waals surface area contributed by atoms with Crippen molar-refractivity contribution in [3.63, 3.8) is 0 Å². The molecule has 0 spiro atoms. The van der Waals surface area contributed by atoms with Crippen molar-refractivity contribution in [2.45, 2.75) is 123 Å². The molecule has 324 valence electrons. The van der Waals surface area contributed by atoms with E-state index in [0.29, 0.717) is 67.2 Å². The van der Waals surface area contributed by atoms with Crippen LogP contribution in [0.1, 0.15) is 123 Å². The van der Waals surface area contributed by atoms with E-state index in [-0.39, 0.29) is 47.8 Å². The SMILES string of the molecule is C#COc1cc2c(cc1OC#C)C(CC)(CC)C(/C=C/C1=C(Cl)C(=C/C=C3\N(CCCC(=O)[O-])c4cc(OCC)c(OCC)cc4C3(CC)CC)/CCC1)=[N+]2CCCC(=O)[O-].[Na+]. The van der Waals surface area contributed by atoms with Crippen molar-refractivity contribution in [2.24, 2.45) is 0 Å². The minimum atomic E-state index is -1.11. The number of terminal acetylenes is 2. The Labute approximate surface area is 395 Å². The standard InChI is InChI=1S/C50H59ClN2O8.Na/c1-9-49(10-2)36-30-40(58-13-5)42(60-15-7)32-38(36)52(28-18-22-46(54)55)44(49)26-24-34-20-17-21-35(48(34)51)25-27-45-50(11-3,12-4)37-31-41(59-14-6)43(61-16-8)33-39(37)53(45)29-19-23-47(56)57;/h5,7,24-27,30-33H,9-12,14,16-23,28-29H2,1-4,6,8H3,(H-,54,55,56,57);/q;+1/p-1. The van der Waals surface area contributed by atoms with E-state index in [1.807, 2.05) is 32.0 Å². The predicted octanol–water partition coefficient (Wildman–Crippen LogP) is 5.26. The van der Waals surface area contributed by atoms with Gasteiger partial charge in [0.25, 0.3) is 0 Å². The number of nitrogens with zero attached hydrogens (tertiary/aromatic N) is 2.